The molecule has 1 aliphatic rings. The van der Waals surface area contributed by atoms with Crippen molar-refractivity contribution in [3.63, 3.8) is 0 Å². The van der Waals surface area contributed by atoms with Crippen LogP contribution in [0.15, 0.2) is 23.2 Å². The minimum atomic E-state index is 0.427. The molecule has 0 aliphatic carbocycles. The molecule has 2 aromatic heterocycles. The Morgan fingerprint density at radius 1 is 1.50 bits per heavy atom. The first kappa shape index (κ1) is 8.38. The van der Waals surface area contributed by atoms with E-state index in [1.54, 1.807) is 12.4 Å². The van der Waals surface area contributed by atoms with Crippen LogP contribution in [0, 0.1) is 0 Å². The topological polar surface area (TPSA) is 39.4 Å². The lowest BCUT2D eigenvalue weighted by atomic mass is 10.1. The predicted octanol–water partition coefficient (Wildman–Crippen LogP) is 1.61. The SMILES string of the molecule is Brc1nc(C2COC2)n2ccncc12. The van der Waals surface area contributed by atoms with Crippen molar-refractivity contribution in [2.75, 3.05) is 13.2 Å². The van der Waals surface area contributed by atoms with E-state index in [-0.39, 0.29) is 0 Å². The fourth-order valence-corrected chi connectivity index (χ4v) is 2.07. The van der Waals surface area contributed by atoms with Gasteiger partial charge in [-0.1, -0.05) is 0 Å². The number of halogens is 1. The van der Waals surface area contributed by atoms with Gasteiger partial charge in [-0.05, 0) is 15.9 Å². The van der Waals surface area contributed by atoms with Crippen molar-refractivity contribution in [3.05, 3.63) is 29.0 Å². The van der Waals surface area contributed by atoms with Crippen LogP contribution < -0.4 is 0 Å². The summed E-state index contributed by atoms with van der Waals surface area (Å²) in [6.07, 6.45) is 5.50. The summed E-state index contributed by atoms with van der Waals surface area (Å²) in [7, 11) is 0. The number of hydrogen-bond donors (Lipinski definition) is 0. The molecule has 1 saturated heterocycles. The van der Waals surface area contributed by atoms with Crippen molar-refractivity contribution >= 4 is 21.4 Å². The van der Waals surface area contributed by atoms with Gasteiger partial charge in [0.25, 0.3) is 0 Å². The lowest BCUT2D eigenvalue weighted by molar-refractivity contribution is 0.00462. The summed E-state index contributed by atoms with van der Waals surface area (Å²) >= 11 is 3.43. The second kappa shape index (κ2) is 3.03. The fourth-order valence-electron chi connectivity index (χ4n) is 1.60. The molecule has 1 aliphatic heterocycles. The highest BCUT2D eigenvalue weighted by Gasteiger charge is 2.25. The van der Waals surface area contributed by atoms with Gasteiger partial charge in [-0.25, -0.2) is 4.98 Å². The zero-order valence-corrected chi connectivity index (χ0v) is 8.94. The number of imidazole rings is 1. The van der Waals surface area contributed by atoms with Gasteiger partial charge >= 0.3 is 0 Å². The van der Waals surface area contributed by atoms with Crippen LogP contribution in [0.2, 0.25) is 0 Å². The van der Waals surface area contributed by atoms with Crippen LogP contribution in [0.1, 0.15) is 11.7 Å². The van der Waals surface area contributed by atoms with Gasteiger partial charge in [-0.3, -0.25) is 9.38 Å². The average Bonchev–Trinajstić information content (AvgIpc) is 2.43. The van der Waals surface area contributed by atoms with Crippen molar-refractivity contribution in [1.82, 2.24) is 14.4 Å². The van der Waals surface area contributed by atoms with Crippen LogP contribution >= 0.6 is 15.9 Å². The van der Waals surface area contributed by atoms with E-state index in [9.17, 15) is 0 Å². The average molecular weight is 254 g/mol. The molecule has 0 radical (unpaired) electrons. The highest BCUT2D eigenvalue weighted by Crippen LogP contribution is 2.27. The highest BCUT2D eigenvalue weighted by atomic mass is 79.9. The zero-order valence-electron chi connectivity index (χ0n) is 7.35. The van der Waals surface area contributed by atoms with E-state index in [2.05, 4.69) is 30.3 Å². The minimum absolute atomic E-state index is 0.427. The van der Waals surface area contributed by atoms with E-state index in [0.29, 0.717) is 5.92 Å². The summed E-state index contributed by atoms with van der Waals surface area (Å²) in [6.45, 7) is 1.54. The lowest BCUT2D eigenvalue weighted by Crippen LogP contribution is -2.27. The van der Waals surface area contributed by atoms with E-state index in [4.69, 9.17) is 4.74 Å². The Balaban J connectivity index is 2.23. The molecule has 4 nitrogen and oxygen atoms in total. The third kappa shape index (κ3) is 1.09. The number of fused-ring (bicyclic) bond motifs is 1. The number of ether oxygens (including phenoxy) is 1. The maximum absolute atomic E-state index is 5.16. The van der Waals surface area contributed by atoms with E-state index >= 15 is 0 Å². The molecule has 5 heteroatoms. The second-order valence-corrected chi connectivity index (χ2v) is 4.08. The molecule has 14 heavy (non-hydrogen) atoms. The molecule has 0 N–H and O–H groups in total. The van der Waals surface area contributed by atoms with Gasteiger partial charge in [0.15, 0.2) is 0 Å². The first-order chi connectivity index (χ1) is 6.86. The monoisotopic (exact) mass is 253 g/mol. The van der Waals surface area contributed by atoms with Gasteiger partial charge in [0, 0.05) is 12.4 Å². The van der Waals surface area contributed by atoms with Gasteiger partial charge in [-0.15, -0.1) is 0 Å². The van der Waals surface area contributed by atoms with E-state index in [1.807, 2.05) is 6.20 Å². The highest BCUT2D eigenvalue weighted by molar-refractivity contribution is 9.10. The van der Waals surface area contributed by atoms with Crippen LogP contribution in [0.4, 0.5) is 0 Å². The first-order valence-corrected chi connectivity index (χ1v) is 5.21. The molecule has 72 valence electrons. The quantitative estimate of drug-likeness (QED) is 0.776. The van der Waals surface area contributed by atoms with Crippen molar-refractivity contribution in [3.8, 4) is 0 Å². The summed E-state index contributed by atoms with van der Waals surface area (Å²) in [5.41, 5.74) is 1.01. The van der Waals surface area contributed by atoms with Crippen molar-refractivity contribution < 1.29 is 4.74 Å². The first-order valence-electron chi connectivity index (χ1n) is 4.41. The van der Waals surface area contributed by atoms with Gasteiger partial charge in [0.05, 0.1) is 30.8 Å². The molecule has 2 aromatic rings. The maximum Gasteiger partial charge on any atom is 0.133 e. The maximum atomic E-state index is 5.16. The zero-order chi connectivity index (χ0) is 9.54. The molecule has 0 spiro atoms. The number of rotatable bonds is 1. The molecular formula is C9H8BrN3O. The molecule has 0 unspecified atom stereocenters. The molecule has 3 heterocycles. The third-order valence-electron chi connectivity index (χ3n) is 2.43. The number of nitrogens with zero attached hydrogens (tertiary/aromatic N) is 3. The molecule has 1 fully saturated rings. The number of hydrogen-bond acceptors (Lipinski definition) is 3. The summed E-state index contributed by atoms with van der Waals surface area (Å²) in [5, 5.41) is 0. The lowest BCUT2D eigenvalue weighted by Gasteiger charge is -2.24. The van der Waals surface area contributed by atoms with Gasteiger partial charge in [0.1, 0.15) is 10.4 Å². The van der Waals surface area contributed by atoms with Crippen molar-refractivity contribution in [1.29, 1.82) is 0 Å². The van der Waals surface area contributed by atoms with Crippen LogP contribution in [0.3, 0.4) is 0 Å². The van der Waals surface area contributed by atoms with Crippen LogP contribution in [-0.2, 0) is 4.74 Å². The Bertz CT molecular complexity index is 478. The van der Waals surface area contributed by atoms with Gasteiger partial charge < -0.3 is 4.74 Å². The Morgan fingerprint density at radius 2 is 2.36 bits per heavy atom. The van der Waals surface area contributed by atoms with Gasteiger partial charge in [0.2, 0.25) is 0 Å². The van der Waals surface area contributed by atoms with E-state index in [0.717, 1.165) is 29.2 Å². The smallest absolute Gasteiger partial charge is 0.133 e. The third-order valence-corrected chi connectivity index (χ3v) is 3.02. The molecule has 0 aromatic carbocycles. The Labute approximate surface area is 89.1 Å². The van der Waals surface area contributed by atoms with Crippen LogP contribution in [0.25, 0.3) is 5.52 Å². The van der Waals surface area contributed by atoms with Gasteiger partial charge in [-0.2, -0.15) is 0 Å². The van der Waals surface area contributed by atoms with Crippen LogP contribution in [0.5, 0.6) is 0 Å². The van der Waals surface area contributed by atoms with Crippen LogP contribution in [-0.4, -0.2) is 27.6 Å². The standard InChI is InChI=1S/C9H8BrN3O/c10-8-7-3-11-1-2-13(7)9(12-8)6-4-14-5-6/h1-3,6H,4-5H2. The Kier molecular flexibility index (Phi) is 1.81. The molecule has 0 saturated carbocycles. The summed E-state index contributed by atoms with van der Waals surface area (Å²) in [6, 6.07) is 0. The van der Waals surface area contributed by atoms with E-state index < -0.39 is 0 Å². The predicted molar refractivity (Wildman–Crippen MR) is 54.2 cm³/mol. The summed E-state index contributed by atoms with van der Waals surface area (Å²) < 4.78 is 8.08. The Hall–Kier alpha value is -0.940. The largest absolute Gasteiger partial charge is 0.380 e. The summed E-state index contributed by atoms with van der Waals surface area (Å²) in [4.78, 5) is 8.54. The van der Waals surface area contributed by atoms with Crippen molar-refractivity contribution in [2.24, 2.45) is 0 Å². The second-order valence-electron chi connectivity index (χ2n) is 3.33. The fraction of sp³-hybridized carbons (Fsp3) is 0.333. The minimum Gasteiger partial charge on any atom is -0.380 e. The molecule has 0 amide bonds. The summed E-state index contributed by atoms with van der Waals surface area (Å²) in [5.74, 6) is 1.48. The molecule has 0 atom stereocenters. The molecule has 3 rings (SSSR count). The number of aromatic nitrogens is 3. The van der Waals surface area contributed by atoms with E-state index in [1.165, 1.54) is 0 Å². The normalized spacial score (nSPS) is 17.2. The molecular weight excluding hydrogens is 246 g/mol. The van der Waals surface area contributed by atoms with Crippen molar-refractivity contribution in [2.45, 2.75) is 5.92 Å². The molecule has 0 bridgehead atoms. The Morgan fingerprint density at radius 3 is 3.07 bits per heavy atom.